The van der Waals surface area contributed by atoms with Gasteiger partial charge in [-0.25, -0.2) is 9.97 Å². The number of rotatable bonds is 5. The van der Waals surface area contributed by atoms with Crippen LogP contribution in [0.1, 0.15) is 6.42 Å². The summed E-state index contributed by atoms with van der Waals surface area (Å²) in [4.78, 5) is 19.5. The standard InChI is InChI=1S/C15H13N3O3/c19-13(20)7-8-16-14-10-4-1-2-5-11(10)17-15(18-14)12-6-3-9-21-12/h1-6,9H,7-8H2,(H,19,20)(H,16,17,18). The highest BCUT2D eigenvalue weighted by Crippen LogP contribution is 2.24. The van der Waals surface area contributed by atoms with E-state index in [4.69, 9.17) is 9.52 Å². The third-order valence-electron chi connectivity index (χ3n) is 2.98. The van der Waals surface area contributed by atoms with Crippen molar-refractivity contribution in [1.29, 1.82) is 0 Å². The van der Waals surface area contributed by atoms with Crippen molar-refractivity contribution in [2.75, 3.05) is 11.9 Å². The lowest BCUT2D eigenvalue weighted by molar-refractivity contribution is -0.136. The van der Waals surface area contributed by atoms with Gasteiger partial charge in [0.15, 0.2) is 11.6 Å². The monoisotopic (exact) mass is 283 g/mol. The van der Waals surface area contributed by atoms with Gasteiger partial charge in [-0.05, 0) is 24.3 Å². The number of aromatic nitrogens is 2. The first-order chi connectivity index (χ1) is 10.2. The molecule has 3 rings (SSSR count). The van der Waals surface area contributed by atoms with Crippen LogP contribution < -0.4 is 5.32 Å². The van der Waals surface area contributed by atoms with Crippen molar-refractivity contribution in [2.24, 2.45) is 0 Å². The second kappa shape index (κ2) is 5.62. The first-order valence-electron chi connectivity index (χ1n) is 6.50. The molecule has 0 saturated carbocycles. The van der Waals surface area contributed by atoms with Crippen molar-refractivity contribution in [3.63, 3.8) is 0 Å². The van der Waals surface area contributed by atoms with Gasteiger partial charge in [0.05, 0.1) is 18.2 Å². The van der Waals surface area contributed by atoms with Crippen molar-refractivity contribution in [3.8, 4) is 11.6 Å². The average molecular weight is 283 g/mol. The Balaban J connectivity index is 2.01. The molecule has 0 aliphatic rings. The number of nitrogens with one attached hydrogen (secondary N) is 1. The summed E-state index contributed by atoms with van der Waals surface area (Å²) in [6, 6.07) is 11.1. The molecule has 2 aromatic heterocycles. The molecule has 6 nitrogen and oxygen atoms in total. The number of benzene rings is 1. The Bertz CT molecular complexity index is 769. The third-order valence-corrected chi connectivity index (χ3v) is 2.98. The highest BCUT2D eigenvalue weighted by molar-refractivity contribution is 5.90. The van der Waals surface area contributed by atoms with Gasteiger partial charge in [-0.2, -0.15) is 0 Å². The zero-order chi connectivity index (χ0) is 14.7. The van der Waals surface area contributed by atoms with Crippen LogP contribution in [0, 0.1) is 0 Å². The van der Waals surface area contributed by atoms with Crippen LogP contribution in [-0.4, -0.2) is 27.6 Å². The fourth-order valence-electron chi connectivity index (χ4n) is 2.02. The van der Waals surface area contributed by atoms with Gasteiger partial charge in [0.25, 0.3) is 0 Å². The number of carboxylic acid groups (broad SMARTS) is 1. The van der Waals surface area contributed by atoms with E-state index in [0.717, 1.165) is 10.9 Å². The number of fused-ring (bicyclic) bond motifs is 1. The molecule has 0 amide bonds. The van der Waals surface area contributed by atoms with Crippen molar-refractivity contribution >= 4 is 22.7 Å². The van der Waals surface area contributed by atoms with E-state index in [0.29, 0.717) is 23.9 Å². The zero-order valence-corrected chi connectivity index (χ0v) is 11.1. The average Bonchev–Trinajstić information content (AvgIpc) is 3.01. The lowest BCUT2D eigenvalue weighted by Gasteiger charge is -2.09. The molecule has 106 valence electrons. The molecule has 6 heteroatoms. The van der Waals surface area contributed by atoms with Crippen molar-refractivity contribution in [1.82, 2.24) is 9.97 Å². The number of para-hydroxylation sites is 1. The third kappa shape index (κ3) is 2.84. The number of aliphatic carboxylic acids is 1. The Kier molecular flexibility index (Phi) is 3.51. The summed E-state index contributed by atoms with van der Waals surface area (Å²) >= 11 is 0. The fraction of sp³-hybridized carbons (Fsp3) is 0.133. The van der Waals surface area contributed by atoms with Crippen LogP contribution in [0.3, 0.4) is 0 Å². The van der Waals surface area contributed by atoms with Crippen molar-refractivity contribution < 1.29 is 14.3 Å². The predicted molar refractivity (Wildman–Crippen MR) is 78.0 cm³/mol. The molecular formula is C15H13N3O3. The van der Waals surface area contributed by atoms with E-state index in [2.05, 4.69) is 15.3 Å². The van der Waals surface area contributed by atoms with Crippen LogP contribution in [0.25, 0.3) is 22.5 Å². The number of hydrogen-bond acceptors (Lipinski definition) is 5. The maximum Gasteiger partial charge on any atom is 0.305 e. The van der Waals surface area contributed by atoms with Gasteiger partial charge in [-0.15, -0.1) is 0 Å². The Morgan fingerprint density at radius 3 is 2.81 bits per heavy atom. The highest BCUT2D eigenvalue weighted by Gasteiger charge is 2.11. The smallest absolute Gasteiger partial charge is 0.305 e. The van der Waals surface area contributed by atoms with E-state index in [1.807, 2.05) is 24.3 Å². The number of furan rings is 1. The quantitative estimate of drug-likeness (QED) is 0.748. The molecular weight excluding hydrogens is 270 g/mol. The van der Waals surface area contributed by atoms with Gasteiger partial charge in [-0.1, -0.05) is 12.1 Å². The molecule has 1 aromatic carbocycles. The summed E-state index contributed by atoms with van der Waals surface area (Å²) in [7, 11) is 0. The normalized spacial score (nSPS) is 10.7. The molecule has 0 aliphatic heterocycles. The van der Waals surface area contributed by atoms with Crippen LogP contribution in [0.5, 0.6) is 0 Å². The maximum atomic E-state index is 10.6. The van der Waals surface area contributed by atoms with E-state index in [9.17, 15) is 4.79 Å². The summed E-state index contributed by atoms with van der Waals surface area (Å²) in [6.07, 6.45) is 1.58. The first kappa shape index (κ1) is 13.1. The Morgan fingerprint density at radius 2 is 2.05 bits per heavy atom. The minimum Gasteiger partial charge on any atom is -0.481 e. The van der Waals surface area contributed by atoms with E-state index < -0.39 is 5.97 Å². The largest absolute Gasteiger partial charge is 0.481 e. The summed E-state index contributed by atoms with van der Waals surface area (Å²) in [5, 5.41) is 12.6. The Labute approximate surface area is 120 Å². The summed E-state index contributed by atoms with van der Waals surface area (Å²) in [6.45, 7) is 0.300. The van der Waals surface area contributed by atoms with Gasteiger partial charge in [0, 0.05) is 11.9 Å². The van der Waals surface area contributed by atoms with Gasteiger partial charge in [0.1, 0.15) is 5.82 Å². The summed E-state index contributed by atoms with van der Waals surface area (Å²) < 4.78 is 5.32. The lowest BCUT2D eigenvalue weighted by atomic mass is 10.2. The molecule has 2 N–H and O–H groups in total. The van der Waals surface area contributed by atoms with Crippen LogP contribution >= 0.6 is 0 Å². The highest BCUT2D eigenvalue weighted by atomic mass is 16.4. The molecule has 0 saturated heterocycles. The molecule has 0 fully saturated rings. The summed E-state index contributed by atoms with van der Waals surface area (Å²) in [5.41, 5.74) is 0.775. The minimum absolute atomic E-state index is 0.0222. The van der Waals surface area contributed by atoms with Crippen LogP contribution in [-0.2, 0) is 4.79 Å². The molecule has 0 unspecified atom stereocenters. The molecule has 0 spiro atoms. The van der Waals surface area contributed by atoms with Gasteiger partial charge in [0.2, 0.25) is 0 Å². The first-order valence-corrected chi connectivity index (χ1v) is 6.50. The van der Waals surface area contributed by atoms with Crippen molar-refractivity contribution in [2.45, 2.75) is 6.42 Å². The Hall–Kier alpha value is -2.89. The molecule has 0 bridgehead atoms. The van der Waals surface area contributed by atoms with Gasteiger partial charge < -0.3 is 14.8 Å². The second-order valence-corrected chi connectivity index (χ2v) is 4.46. The molecule has 21 heavy (non-hydrogen) atoms. The second-order valence-electron chi connectivity index (χ2n) is 4.46. The number of carboxylic acids is 1. The Morgan fingerprint density at radius 1 is 1.19 bits per heavy atom. The topological polar surface area (TPSA) is 88.2 Å². The number of carbonyl (C=O) groups is 1. The lowest BCUT2D eigenvalue weighted by Crippen LogP contribution is -2.09. The van der Waals surface area contributed by atoms with E-state index >= 15 is 0 Å². The SMILES string of the molecule is O=C(O)CCNc1nc(-c2ccco2)nc2ccccc12. The van der Waals surface area contributed by atoms with Gasteiger partial charge >= 0.3 is 5.97 Å². The van der Waals surface area contributed by atoms with Gasteiger partial charge in [-0.3, -0.25) is 4.79 Å². The van der Waals surface area contributed by atoms with Crippen molar-refractivity contribution in [3.05, 3.63) is 42.7 Å². The fourth-order valence-corrected chi connectivity index (χ4v) is 2.02. The molecule has 0 atom stereocenters. The summed E-state index contributed by atoms with van der Waals surface area (Å²) in [5.74, 6) is 0.791. The number of hydrogen-bond donors (Lipinski definition) is 2. The predicted octanol–water partition coefficient (Wildman–Crippen LogP) is 2.78. The number of anilines is 1. The number of nitrogens with zero attached hydrogens (tertiary/aromatic N) is 2. The molecule has 2 heterocycles. The van der Waals surface area contributed by atoms with Crippen LogP contribution in [0.4, 0.5) is 5.82 Å². The van der Waals surface area contributed by atoms with E-state index in [-0.39, 0.29) is 6.42 Å². The molecule has 0 aliphatic carbocycles. The van der Waals surface area contributed by atoms with Crippen LogP contribution in [0.2, 0.25) is 0 Å². The van der Waals surface area contributed by atoms with E-state index in [1.165, 1.54) is 0 Å². The zero-order valence-electron chi connectivity index (χ0n) is 11.1. The minimum atomic E-state index is -0.855. The molecule has 0 radical (unpaired) electrons. The maximum absolute atomic E-state index is 10.6. The van der Waals surface area contributed by atoms with Crippen LogP contribution in [0.15, 0.2) is 47.1 Å². The van der Waals surface area contributed by atoms with E-state index in [1.54, 1.807) is 18.4 Å². The molecule has 3 aromatic rings.